The van der Waals surface area contributed by atoms with E-state index in [1.807, 2.05) is 19.1 Å². The van der Waals surface area contributed by atoms with E-state index in [0.29, 0.717) is 17.9 Å². The van der Waals surface area contributed by atoms with Crippen LogP contribution in [0.3, 0.4) is 0 Å². The third-order valence-corrected chi connectivity index (χ3v) is 6.68. The maximum atomic E-state index is 12.5. The highest BCUT2D eigenvalue weighted by atomic mass is 32.2. The maximum absolute atomic E-state index is 12.5. The highest BCUT2D eigenvalue weighted by molar-refractivity contribution is 8.01. The SMILES string of the molecule is Cc1ncc(Sc2ccc(C(=O)NC3CN4CCC3CC4)s2)o1. The quantitative estimate of drug-likeness (QED) is 0.919. The van der Waals surface area contributed by atoms with Crippen LogP contribution < -0.4 is 5.32 Å². The fourth-order valence-corrected chi connectivity index (χ4v) is 5.28. The van der Waals surface area contributed by atoms with Gasteiger partial charge in [-0.1, -0.05) is 0 Å². The van der Waals surface area contributed by atoms with Gasteiger partial charge in [0.1, 0.15) is 0 Å². The van der Waals surface area contributed by atoms with Gasteiger partial charge in [0.25, 0.3) is 5.91 Å². The lowest BCUT2D eigenvalue weighted by molar-refractivity contribution is 0.0622. The summed E-state index contributed by atoms with van der Waals surface area (Å²) in [4.78, 5) is 19.8. The number of nitrogens with one attached hydrogen (secondary N) is 1. The van der Waals surface area contributed by atoms with Crippen molar-refractivity contribution in [2.45, 2.75) is 35.1 Å². The Morgan fingerprint density at radius 3 is 2.91 bits per heavy atom. The summed E-state index contributed by atoms with van der Waals surface area (Å²) in [7, 11) is 0. The summed E-state index contributed by atoms with van der Waals surface area (Å²) in [5.41, 5.74) is 0. The Kier molecular flexibility index (Phi) is 4.17. The van der Waals surface area contributed by atoms with E-state index in [4.69, 9.17) is 4.42 Å². The number of aromatic nitrogens is 1. The van der Waals surface area contributed by atoms with E-state index in [9.17, 15) is 4.79 Å². The summed E-state index contributed by atoms with van der Waals surface area (Å²) in [6, 6.07) is 4.17. The van der Waals surface area contributed by atoms with Gasteiger partial charge in [-0.05, 0) is 55.7 Å². The van der Waals surface area contributed by atoms with Crippen LogP contribution in [0.2, 0.25) is 0 Å². The van der Waals surface area contributed by atoms with E-state index in [0.717, 1.165) is 20.7 Å². The van der Waals surface area contributed by atoms with Gasteiger partial charge in [-0.2, -0.15) is 0 Å². The number of oxazole rings is 1. The molecule has 0 spiro atoms. The van der Waals surface area contributed by atoms with Crippen LogP contribution in [0.4, 0.5) is 0 Å². The van der Waals surface area contributed by atoms with Crippen molar-refractivity contribution in [3.63, 3.8) is 0 Å². The van der Waals surface area contributed by atoms with Crippen molar-refractivity contribution in [3.05, 3.63) is 29.1 Å². The third-order valence-electron chi connectivity index (χ3n) is 4.58. The zero-order valence-corrected chi connectivity index (χ0v) is 14.6. The highest BCUT2D eigenvalue weighted by Crippen LogP contribution is 2.34. The van der Waals surface area contributed by atoms with E-state index in [1.165, 1.54) is 49.0 Å². The second-order valence-corrected chi connectivity index (χ2v) is 8.53. The monoisotopic (exact) mass is 349 g/mol. The second-order valence-electron chi connectivity index (χ2n) is 6.14. The summed E-state index contributed by atoms with van der Waals surface area (Å²) >= 11 is 3.01. The number of nitrogens with zero attached hydrogens (tertiary/aromatic N) is 2. The van der Waals surface area contributed by atoms with Gasteiger partial charge >= 0.3 is 0 Å². The molecule has 1 unspecified atom stereocenters. The van der Waals surface area contributed by atoms with Crippen LogP contribution in [0.15, 0.2) is 32.0 Å². The van der Waals surface area contributed by atoms with E-state index in [1.54, 1.807) is 6.20 Å². The molecule has 122 valence electrons. The molecule has 3 aliphatic heterocycles. The number of fused-ring (bicyclic) bond motifs is 3. The first-order chi connectivity index (χ1) is 11.2. The summed E-state index contributed by atoms with van der Waals surface area (Å²) in [5.74, 6) is 1.36. The predicted molar refractivity (Wildman–Crippen MR) is 90.1 cm³/mol. The first kappa shape index (κ1) is 15.2. The number of rotatable bonds is 4. The third kappa shape index (κ3) is 3.32. The smallest absolute Gasteiger partial charge is 0.261 e. The summed E-state index contributed by atoms with van der Waals surface area (Å²) < 4.78 is 6.51. The van der Waals surface area contributed by atoms with Gasteiger partial charge in [0, 0.05) is 19.5 Å². The summed E-state index contributed by atoms with van der Waals surface area (Å²) in [6.07, 6.45) is 4.13. The molecule has 3 fully saturated rings. The summed E-state index contributed by atoms with van der Waals surface area (Å²) in [6.45, 7) is 5.20. The van der Waals surface area contributed by atoms with Gasteiger partial charge in [-0.25, -0.2) is 4.98 Å². The van der Waals surface area contributed by atoms with Crippen LogP contribution in [-0.2, 0) is 0 Å². The van der Waals surface area contributed by atoms with Gasteiger partial charge in [0.2, 0.25) is 0 Å². The first-order valence-corrected chi connectivity index (χ1v) is 9.54. The first-order valence-electron chi connectivity index (χ1n) is 7.91. The number of aryl methyl sites for hydroxylation is 1. The van der Waals surface area contributed by atoms with Gasteiger partial charge in [-0.3, -0.25) is 4.79 Å². The topological polar surface area (TPSA) is 58.4 Å². The highest BCUT2D eigenvalue weighted by Gasteiger charge is 2.35. The van der Waals surface area contributed by atoms with Crippen LogP contribution in [0, 0.1) is 12.8 Å². The number of piperidine rings is 3. The molecule has 0 saturated carbocycles. The number of hydrogen-bond donors (Lipinski definition) is 1. The Morgan fingerprint density at radius 2 is 2.26 bits per heavy atom. The second kappa shape index (κ2) is 6.30. The number of amides is 1. The molecule has 5 heterocycles. The van der Waals surface area contributed by atoms with Crippen molar-refractivity contribution < 1.29 is 9.21 Å². The van der Waals surface area contributed by atoms with Crippen LogP contribution in [-0.4, -0.2) is 41.5 Å². The Labute approximate surface area is 143 Å². The van der Waals surface area contributed by atoms with Gasteiger partial charge < -0.3 is 14.6 Å². The fraction of sp³-hybridized carbons (Fsp3) is 0.500. The van der Waals surface area contributed by atoms with Gasteiger partial charge in [0.15, 0.2) is 11.0 Å². The molecule has 2 aromatic rings. The predicted octanol–water partition coefficient (Wildman–Crippen LogP) is 3.02. The minimum atomic E-state index is 0.0503. The van der Waals surface area contributed by atoms with Crippen molar-refractivity contribution in [1.82, 2.24) is 15.2 Å². The molecule has 0 aliphatic carbocycles. The van der Waals surface area contributed by atoms with Crippen molar-refractivity contribution in [1.29, 1.82) is 0 Å². The molecule has 1 atom stereocenters. The molecular weight excluding hydrogens is 330 g/mol. The maximum Gasteiger partial charge on any atom is 0.261 e. The van der Waals surface area contributed by atoms with Gasteiger partial charge in [0.05, 0.1) is 15.3 Å². The van der Waals surface area contributed by atoms with Crippen molar-refractivity contribution in [2.24, 2.45) is 5.92 Å². The lowest BCUT2D eigenvalue weighted by atomic mass is 9.84. The molecule has 5 nitrogen and oxygen atoms in total. The summed E-state index contributed by atoms with van der Waals surface area (Å²) in [5, 5.41) is 3.99. The fourth-order valence-electron chi connectivity index (χ4n) is 3.35. The van der Waals surface area contributed by atoms with Crippen LogP contribution >= 0.6 is 23.1 Å². The molecule has 1 amide bonds. The average molecular weight is 349 g/mol. The molecule has 3 aliphatic rings. The molecule has 2 bridgehead atoms. The Hall–Kier alpha value is -1.31. The Morgan fingerprint density at radius 1 is 1.43 bits per heavy atom. The van der Waals surface area contributed by atoms with E-state index >= 15 is 0 Å². The molecule has 3 saturated heterocycles. The largest absolute Gasteiger partial charge is 0.434 e. The van der Waals surface area contributed by atoms with Crippen LogP contribution in [0.5, 0.6) is 0 Å². The molecule has 1 N–H and O–H groups in total. The lowest BCUT2D eigenvalue weighted by Gasteiger charge is -2.44. The Balaban J connectivity index is 1.39. The van der Waals surface area contributed by atoms with Crippen LogP contribution in [0.1, 0.15) is 28.4 Å². The number of hydrogen-bond acceptors (Lipinski definition) is 6. The zero-order chi connectivity index (χ0) is 15.8. The Bertz CT molecular complexity index is 704. The minimum absolute atomic E-state index is 0.0503. The van der Waals surface area contributed by atoms with E-state index < -0.39 is 0 Å². The number of thiophene rings is 1. The van der Waals surface area contributed by atoms with E-state index in [-0.39, 0.29) is 5.91 Å². The molecule has 0 radical (unpaired) electrons. The normalized spacial score (nSPS) is 26.4. The standard InChI is InChI=1S/C16H19N3O2S2/c1-10-17-8-14(21-10)23-15-3-2-13(22-15)16(20)18-12-9-19-6-4-11(12)5-7-19/h2-3,8,11-12H,4-7,9H2,1H3,(H,18,20). The number of carbonyl (C=O) groups excluding carboxylic acids is 1. The number of carbonyl (C=O) groups is 1. The molecule has 0 aromatic carbocycles. The molecule has 23 heavy (non-hydrogen) atoms. The minimum Gasteiger partial charge on any atom is -0.434 e. The zero-order valence-electron chi connectivity index (χ0n) is 12.9. The van der Waals surface area contributed by atoms with E-state index in [2.05, 4.69) is 15.2 Å². The lowest BCUT2D eigenvalue weighted by Crippen LogP contribution is -2.57. The van der Waals surface area contributed by atoms with Crippen molar-refractivity contribution >= 4 is 29.0 Å². The average Bonchev–Trinajstić information content (AvgIpc) is 3.18. The van der Waals surface area contributed by atoms with Crippen molar-refractivity contribution in [3.8, 4) is 0 Å². The molecule has 5 rings (SSSR count). The molecule has 7 heteroatoms. The molecular formula is C16H19N3O2S2. The van der Waals surface area contributed by atoms with Crippen LogP contribution in [0.25, 0.3) is 0 Å². The van der Waals surface area contributed by atoms with Gasteiger partial charge in [-0.15, -0.1) is 11.3 Å². The van der Waals surface area contributed by atoms with Crippen molar-refractivity contribution in [2.75, 3.05) is 19.6 Å². The molecule has 2 aromatic heterocycles.